The lowest BCUT2D eigenvalue weighted by Gasteiger charge is -2.33. The zero-order chi connectivity index (χ0) is 15.9. The quantitative estimate of drug-likeness (QED) is 0.693. The van der Waals surface area contributed by atoms with Crippen molar-refractivity contribution in [2.45, 2.75) is 32.1 Å². The molecule has 0 saturated heterocycles. The molecule has 2 aromatic carbocycles. The summed E-state index contributed by atoms with van der Waals surface area (Å²) >= 11 is 0. The van der Waals surface area contributed by atoms with Crippen molar-refractivity contribution in [3.63, 3.8) is 0 Å². The van der Waals surface area contributed by atoms with Gasteiger partial charge in [0.2, 0.25) is 0 Å². The smallest absolute Gasteiger partial charge is 0.0629 e. The van der Waals surface area contributed by atoms with Crippen LogP contribution >= 0.6 is 0 Å². The molecule has 2 heteroatoms. The number of anilines is 1. The molecule has 2 heterocycles. The van der Waals surface area contributed by atoms with Crippen molar-refractivity contribution >= 4 is 17.6 Å². The van der Waals surface area contributed by atoms with Crippen LogP contribution in [0.2, 0.25) is 0 Å². The van der Waals surface area contributed by atoms with Crippen LogP contribution in [0.15, 0.2) is 70.9 Å². The molecule has 0 radical (unpaired) electrons. The summed E-state index contributed by atoms with van der Waals surface area (Å²) in [5.74, 6) is 0. The first-order chi connectivity index (χ1) is 11.2. The predicted octanol–water partition coefficient (Wildman–Crippen LogP) is 5.23. The first-order valence-electron chi connectivity index (χ1n) is 8.38. The van der Waals surface area contributed by atoms with Crippen LogP contribution in [0.1, 0.15) is 32.3 Å². The Kier molecular flexibility index (Phi) is 3.33. The minimum absolute atomic E-state index is 0.0506. The Bertz CT molecular complexity index is 784. The lowest BCUT2D eigenvalue weighted by Crippen LogP contribution is -2.32. The standard InChI is InChI=1S/C21H22N2/c1-21(2)18-12-6-7-13-19(18)23-14-8-9-16(20(21)23)15-22-17-10-4-3-5-11-17/h3-7,10-13,15H,8-9,14H2,1-2H3. The number of aliphatic imine (C=N–C) groups is 1. The molecule has 0 aliphatic carbocycles. The molecule has 2 aromatic rings. The van der Waals surface area contributed by atoms with Crippen LogP contribution in [0.25, 0.3) is 0 Å². The summed E-state index contributed by atoms with van der Waals surface area (Å²) in [6.45, 7) is 5.78. The van der Waals surface area contributed by atoms with Gasteiger partial charge in [-0.3, -0.25) is 4.99 Å². The molecule has 0 spiro atoms. The van der Waals surface area contributed by atoms with Crippen molar-refractivity contribution in [1.82, 2.24) is 0 Å². The van der Waals surface area contributed by atoms with E-state index in [-0.39, 0.29) is 5.41 Å². The summed E-state index contributed by atoms with van der Waals surface area (Å²) < 4.78 is 0. The highest BCUT2D eigenvalue weighted by atomic mass is 15.2. The summed E-state index contributed by atoms with van der Waals surface area (Å²) in [5.41, 5.74) is 6.69. The van der Waals surface area contributed by atoms with Gasteiger partial charge >= 0.3 is 0 Å². The summed E-state index contributed by atoms with van der Waals surface area (Å²) in [6.07, 6.45) is 4.38. The highest BCUT2D eigenvalue weighted by Crippen LogP contribution is 2.50. The predicted molar refractivity (Wildman–Crippen MR) is 97.7 cm³/mol. The first-order valence-corrected chi connectivity index (χ1v) is 8.38. The SMILES string of the molecule is CC1(C)C2=C(C=Nc3ccccc3)CCCN2c2ccccc21. The molecule has 0 aromatic heterocycles. The second-order valence-corrected chi connectivity index (χ2v) is 6.86. The fourth-order valence-corrected chi connectivity index (χ4v) is 3.97. The van der Waals surface area contributed by atoms with Crippen molar-refractivity contribution in [2.24, 2.45) is 4.99 Å². The van der Waals surface area contributed by atoms with Gasteiger partial charge in [-0.05, 0) is 42.2 Å². The van der Waals surface area contributed by atoms with Gasteiger partial charge in [0, 0.05) is 29.6 Å². The molecular weight excluding hydrogens is 280 g/mol. The Balaban J connectivity index is 1.80. The average Bonchev–Trinajstić information content (AvgIpc) is 2.83. The summed E-state index contributed by atoms with van der Waals surface area (Å²) in [6, 6.07) is 19.0. The maximum absolute atomic E-state index is 4.71. The topological polar surface area (TPSA) is 15.6 Å². The van der Waals surface area contributed by atoms with Crippen molar-refractivity contribution < 1.29 is 0 Å². The summed E-state index contributed by atoms with van der Waals surface area (Å²) in [7, 11) is 0. The zero-order valence-electron chi connectivity index (χ0n) is 13.8. The van der Waals surface area contributed by atoms with Crippen LogP contribution in [0.3, 0.4) is 0 Å². The number of benzene rings is 2. The maximum atomic E-state index is 4.71. The van der Waals surface area contributed by atoms with Crippen LogP contribution < -0.4 is 4.90 Å². The van der Waals surface area contributed by atoms with E-state index in [1.54, 1.807) is 0 Å². The fraction of sp³-hybridized carbons (Fsp3) is 0.286. The lowest BCUT2D eigenvalue weighted by atomic mass is 9.81. The normalized spacial score (nSPS) is 19.1. The largest absolute Gasteiger partial charge is 0.344 e. The Morgan fingerprint density at radius 3 is 2.57 bits per heavy atom. The Hall–Kier alpha value is -2.35. The first kappa shape index (κ1) is 14.3. The van der Waals surface area contributed by atoms with Gasteiger partial charge in [0.15, 0.2) is 0 Å². The highest BCUT2D eigenvalue weighted by Gasteiger charge is 2.42. The van der Waals surface area contributed by atoms with Crippen LogP contribution in [-0.4, -0.2) is 12.8 Å². The molecule has 2 nitrogen and oxygen atoms in total. The summed E-state index contributed by atoms with van der Waals surface area (Å²) in [5, 5.41) is 0. The minimum Gasteiger partial charge on any atom is -0.344 e. The number of rotatable bonds is 2. The van der Waals surface area contributed by atoms with Gasteiger partial charge in [0.1, 0.15) is 0 Å². The molecule has 116 valence electrons. The molecule has 0 fully saturated rings. The summed E-state index contributed by atoms with van der Waals surface area (Å²) in [4.78, 5) is 7.21. The molecule has 0 saturated carbocycles. The number of hydrogen-bond donors (Lipinski definition) is 0. The van der Waals surface area contributed by atoms with Gasteiger partial charge in [0.05, 0.1) is 5.69 Å². The third-order valence-corrected chi connectivity index (χ3v) is 4.99. The Morgan fingerprint density at radius 1 is 1.00 bits per heavy atom. The van der Waals surface area contributed by atoms with E-state index in [2.05, 4.69) is 61.4 Å². The molecule has 2 aliphatic rings. The van der Waals surface area contributed by atoms with Crippen molar-refractivity contribution in [1.29, 1.82) is 0 Å². The number of fused-ring (bicyclic) bond motifs is 3. The average molecular weight is 302 g/mol. The Morgan fingerprint density at radius 2 is 1.74 bits per heavy atom. The van der Waals surface area contributed by atoms with Crippen molar-refractivity contribution in [3.05, 3.63) is 71.4 Å². The van der Waals surface area contributed by atoms with E-state index in [4.69, 9.17) is 4.99 Å². The van der Waals surface area contributed by atoms with Gasteiger partial charge < -0.3 is 4.90 Å². The number of para-hydroxylation sites is 2. The van der Waals surface area contributed by atoms with E-state index in [0.717, 1.165) is 18.7 Å². The minimum atomic E-state index is 0.0506. The van der Waals surface area contributed by atoms with E-state index >= 15 is 0 Å². The lowest BCUT2D eigenvalue weighted by molar-refractivity contribution is 0.598. The van der Waals surface area contributed by atoms with E-state index in [9.17, 15) is 0 Å². The van der Waals surface area contributed by atoms with Gasteiger partial charge in [0.25, 0.3) is 0 Å². The second kappa shape index (κ2) is 5.38. The number of hydrogen-bond acceptors (Lipinski definition) is 2. The Labute approximate surface area is 138 Å². The monoisotopic (exact) mass is 302 g/mol. The molecular formula is C21H22N2. The van der Waals surface area contributed by atoms with Crippen LogP contribution in [0.4, 0.5) is 11.4 Å². The van der Waals surface area contributed by atoms with E-state index in [0.29, 0.717) is 0 Å². The maximum Gasteiger partial charge on any atom is 0.0629 e. The van der Waals surface area contributed by atoms with Gasteiger partial charge in [-0.25, -0.2) is 0 Å². The highest BCUT2D eigenvalue weighted by molar-refractivity contribution is 5.87. The molecule has 2 aliphatic heterocycles. The third-order valence-electron chi connectivity index (χ3n) is 4.99. The van der Waals surface area contributed by atoms with E-state index < -0.39 is 0 Å². The third kappa shape index (κ3) is 2.29. The molecule has 0 N–H and O–H groups in total. The zero-order valence-corrected chi connectivity index (χ0v) is 13.8. The van der Waals surface area contributed by atoms with Gasteiger partial charge in [-0.15, -0.1) is 0 Å². The molecule has 4 rings (SSSR count). The molecule has 0 unspecified atom stereocenters. The van der Waals surface area contributed by atoms with Gasteiger partial charge in [-0.2, -0.15) is 0 Å². The second-order valence-electron chi connectivity index (χ2n) is 6.86. The van der Waals surface area contributed by atoms with E-state index in [1.165, 1.54) is 28.9 Å². The molecule has 0 bridgehead atoms. The molecule has 23 heavy (non-hydrogen) atoms. The molecule has 0 atom stereocenters. The van der Waals surface area contributed by atoms with Crippen molar-refractivity contribution in [2.75, 3.05) is 11.4 Å². The van der Waals surface area contributed by atoms with Gasteiger partial charge in [-0.1, -0.05) is 50.2 Å². The van der Waals surface area contributed by atoms with E-state index in [1.807, 2.05) is 18.2 Å². The molecule has 0 amide bonds. The number of allylic oxidation sites excluding steroid dienone is 2. The van der Waals surface area contributed by atoms with Crippen LogP contribution in [-0.2, 0) is 5.41 Å². The van der Waals surface area contributed by atoms with Crippen LogP contribution in [0, 0.1) is 0 Å². The fourth-order valence-electron chi connectivity index (χ4n) is 3.97. The van der Waals surface area contributed by atoms with Crippen LogP contribution in [0.5, 0.6) is 0 Å². The number of nitrogens with zero attached hydrogens (tertiary/aromatic N) is 2. The van der Waals surface area contributed by atoms with Crippen molar-refractivity contribution in [3.8, 4) is 0 Å².